The predicted molar refractivity (Wildman–Crippen MR) is 68.7 cm³/mol. The van der Waals surface area contributed by atoms with Gasteiger partial charge in [-0.2, -0.15) is 0 Å². The van der Waals surface area contributed by atoms with E-state index in [4.69, 9.17) is 11.6 Å². The van der Waals surface area contributed by atoms with E-state index in [0.29, 0.717) is 6.07 Å². The van der Waals surface area contributed by atoms with E-state index in [9.17, 15) is 18.4 Å². The minimum atomic E-state index is -0.977. The van der Waals surface area contributed by atoms with Crippen molar-refractivity contribution in [2.24, 2.45) is 0 Å². The van der Waals surface area contributed by atoms with Crippen LogP contribution in [-0.2, 0) is 0 Å². The summed E-state index contributed by atoms with van der Waals surface area (Å²) < 4.78 is 26.1. The van der Waals surface area contributed by atoms with E-state index in [2.05, 4.69) is 10.3 Å². The number of hydrogen-bond acceptors (Lipinski definition) is 3. The van der Waals surface area contributed by atoms with Crippen LogP contribution < -0.4 is 5.32 Å². The van der Waals surface area contributed by atoms with Crippen LogP contribution in [0.15, 0.2) is 36.5 Å². The van der Waals surface area contributed by atoms with Crippen LogP contribution >= 0.6 is 11.6 Å². The quantitative estimate of drug-likeness (QED) is 0.886. The molecule has 1 heterocycles. The predicted octanol–water partition coefficient (Wildman–Crippen LogP) is 2.99. The molecule has 0 radical (unpaired) electrons. The fraction of sp³-hybridized carbons (Fsp3) is 0. The standard InChI is InChI=1S/C13H7ClF2N2O2/c14-12(19)7-1-4-11(17-6-7)18-13(20)9-3-2-8(15)5-10(9)16/h1-6H,(H,17,18,20). The molecular weight excluding hydrogens is 290 g/mol. The third kappa shape index (κ3) is 3.16. The zero-order valence-corrected chi connectivity index (χ0v) is 10.6. The highest BCUT2D eigenvalue weighted by molar-refractivity contribution is 6.67. The lowest BCUT2D eigenvalue weighted by Crippen LogP contribution is -2.15. The summed E-state index contributed by atoms with van der Waals surface area (Å²) in [4.78, 5) is 26.4. The van der Waals surface area contributed by atoms with E-state index in [1.807, 2.05) is 0 Å². The van der Waals surface area contributed by atoms with Crippen molar-refractivity contribution in [3.8, 4) is 0 Å². The molecule has 0 atom stereocenters. The van der Waals surface area contributed by atoms with E-state index in [-0.39, 0.29) is 16.9 Å². The summed E-state index contributed by atoms with van der Waals surface area (Å²) >= 11 is 5.24. The monoisotopic (exact) mass is 296 g/mol. The van der Waals surface area contributed by atoms with Crippen LogP contribution in [0.4, 0.5) is 14.6 Å². The molecule has 0 aliphatic carbocycles. The highest BCUT2D eigenvalue weighted by atomic mass is 35.5. The summed E-state index contributed by atoms with van der Waals surface area (Å²) in [5, 5.41) is 1.64. The molecule has 7 heteroatoms. The van der Waals surface area contributed by atoms with Gasteiger partial charge in [-0.15, -0.1) is 0 Å². The average molecular weight is 297 g/mol. The number of carbonyl (C=O) groups excluding carboxylic acids is 2. The smallest absolute Gasteiger partial charge is 0.259 e. The number of aromatic nitrogens is 1. The molecule has 0 bridgehead atoms. The van der Waals surface area contributed by atoms with Gasteiger partial charge in [-0.05, 0) is 35.9 Å². The Bertz CT molecular complexity index is 675. The molecule has 0 spiro atoms. The maximum atomic E-state index is 13.4. The lowest BCUT2D eigenvalue weighted by atomic mass is 10.2. The van der Waals surface area contributed by atoms with Crippen molar-refractivity contribution in [1.82, 2.24) is 4.98 Å². The number of rotatable bonds is 3. The first-order valence-electron chi connectivity index (χ1n) is 5.39. The Morgan fingerprint density at radius 1 is 1.15 bits per heavy atom. The third-order valence-electron chi connectivity index (χ3n) is 2.41. The summed E-state index contributed by atoms with van der Waals surface area (Å²) in [7, 11) is 0. The summed E-state index contributed by atoms with van der Waals surface area (Å²) in [6, 6.07) is 5.31. The molecule has 0 saturated heterocycles. The largest absolute Gasteiger partial charge is 0.306 e. The Balaban J connectivity index is 2.17. The van der Waals surface area contributed by atoms with E-state index in [1.165, 1.54) is 18.3 Å². The molecule has 0 aliphatic rings. The van der Waals surface area contributed by atoms with Crippen molar-refractivity contribution in [2.75, 3.05) is 5.32 Å². The molecule has 102 valence electrons. The first kappa shape index (κ1) is 14.1. The summed E-state index contributed by atoms with van der Waals surface area (Å²) in [6.07, 6.45) is 1.17. The highest BCUT2D eigenvalue weighted by Gasteiger charge is 2.13. The molecule has 1 N–H and O–H groups in total. The van der Waals surface area contributed by atoms with E-state index in [0.717, 1.165) is 12.1 Å². The van der Waals surface area contributed by atoms with Gasteiger partial charge >= 0.3 is 0 Å². The minimum absolute atomic E-state index is 0.111. The topological polar surface area (TPSA) is 59.1 Å². The molecule has 1 amide bonds. The van der Waals surface area contributed by atoms with Gasteiger partial charge < -0.3 is 5.32 Å². The number of halogens is 3. The molecule has 1 aromatic heterocycles. The maximum absolute atomic E-state index is 13.4. The molecule has 1 aromatic carbocycles. The number of amides is 1. The van der Waals surface area contributed by atoms with Crippen LogP contribution in [0, 0.1) is 11.6 Å². The fourth-order valence-corrected chi connectivity index (χ4v) is 1.55. The first-order valence-corrected chi connectivity index (χ1v) is 5.77. The van der Waals surface area contributed by atoms with Crippen LogP contribution in [0.1, 0.15) is 20.7 Å². The van der Waals surface area contributed by atoms with Crippen molar-refractivity contribution in [3.05, 3.63) is 59.3 Å². The molecule has 2 aromatic rings. The number of pyridine rings is 1. The van der Waals surface area contributed by atoms with Gasteiger partial charge in [-0.1, -0.05) is 0 Å². The van der Waals surface area contributed by atoms with Crippen molar-refractivity contribution in [2.45, 2.75) is 0 Å². The zero-order valence-electron chi connectivity index (χ0n) is 9.86. The Kier molecular flexibility index (Phi) is 4.05. The van der Waals surface area contributed by atoms with E-state index >= 15 is 0 Å². The fourth-order valence-electron chi connectivity index (χ4n) is 1.44. The SMILES string of the molecule is O=C(Cl)c1ccc(NC(=O)c2ccc(F)cc2F)nc1. The van der Waals surface area contributed by atoms with Crippen molar-refractivity contribution in [1.29, 1.82) is 0 Å². The number of benzene rings is 1. The van der Waals surface area contributed by atoms with Crippen molar-refractivity contribution in [3.63, 3.8) is 0 Å². The summed E-state index contributed by atoms with van der Waals surface area (Å²) in [6.45, 7) is 0. The number of anilines is 1. The number of carbonyl (C=O) groups is 2. The lowest BCUT2D eigenvalue weighted by molar-refractivity contribution is 0.102. The van der Waals surface area contributed by atoms with Gasteiger partial charge in [-0.3, -0.25) is 9.59 Å². The van der Waals surface area contributed by atoms with Gasteiger partial charge in [0.2, 0.25) is 0 Å². The number of hydrogen-bond donors (Lipinski definition) is 1. The minimum Gasteiger partial charge on any atom is -0.306 e. The molecular formula is C13H7ClF2N2O2. The van der Waals surface area contributed by atoms with Gasteiger partial charge in [0, 0.05) is 12.3 Å². The van der Waals surface area contributed by atoms with Gasteiger partial charge in [0.1, 0.15) is 17.5 Å². The van der Waals surface area contributed by atoms with Gasteiger partial charge in [0.15, 0.2) is 0 Å². The van der Waals surface area contributed by atoms with Crippen LogP contribution in [0.2, 0.25) is 0 Å². The van der Waals surface area contributed by atoms with Crippen molar-refractivity contribution >= 4 is 28.6 Å². The molecule has 20 heavy (non-hydrogen) atoms. The molecule has 0 fully saturated rings. The van der Waals surface area contributed by atoms with Gasteiger partial charge in [0.25, 0.3) is 11.1 Å². The Hall–Kier alpha value is -2.34. The summed E-state index contributed by atoms with van der Waals surface area (Å²) in [5.74, 6) is -2.42. The van der Waals surface area contributed by atoms with Gasteiger partial charge in [-0.25, -0.2) is 13.8 Å². The second-order valence-corrected chi connectivity index (χ2v) is 4.13. The van der Waals surface area contributed by atoms with Crippen LogP contribution in [0.5, 0.6) is 0 Å². The molecule has 0 saturated carbocycles. The maximum Gasteiger partial charge on any atom is 0.259 e. The van der Waals surface area contributed by atoms with Crippen LogP contribution in [-0.4, -0.2) is 16.1 Å². The Morgan fingerprint density at radius 2 is 1.90 bits per heavy atom. The van der Waals surface area contributed by atoms with E-state index in [1.54, 1.807) is 0 Å². The zero-order chi connectivity index (χ0) is 14.7. The molecule has 0 aliphatic heterocycles. The number of nitrogens with one attached hydrogen (secondary N) is 1. The molecule has 2 rings (SSSR count). The normalized spacial score (nSPS) is 10.2. The molecule has 4 nitrogen and oxygen atoms in total. The average Bonchev–Trinajstić information content (AvgIpc) is 2.39. The Labute approximate surface area is 117 Å². The second-order valence-electron chi connectivity index (χ2n) is 3.78. The highest BCUT2D eigenvalue weighted by Crippen LogP contribution is 2.13. The molecule has 0 unspecified atom stereocenters. The second kappa shape index (κ2) is 5.75. The first-order chi connectivity index (χ1) is 9.47. The van der Waals surface area contributed by atoms with E-state index < -0.39 is 22.8 Å². The van der Waals surface area contributed by atoms with Crippen molar-refractivity contribution < 1.29 is 18.4 Å². The van der Waals surface area contributed by atoms with Crippen LogP contribution in [0.25, 0.3) is 0 Å². The summed E-state index contributed by atoms with van der Waals surface area (Å²) in [5.41, 5.74) is -0.150. The lowest BCUT2D eigenvalue weighted by Gasteiger charge is -2.05. The third-order valence-corrected chi connectivity index (χ3v) is 2.63. The van der Waals surface area contributed by atoms with Gasteiger partial charge in [0.05, 0.1) is 11.1 Å². The van der Waals surface area contributed by atoms with Crippen LogP contribution in [0.3, 0.4) is 0 Å². The number of nitrogens with zero attached hydrogens (tertiary/aromatic N) is 1. The Morgan fingerprint density at radius 3 is 2.45 bits per heavy atom.